The molecule has 76 valence electrons. The Morgan fingerprint density at radius 2 is 2.21 bits per heavy atom. The van der Waals surface area contributed by atoms with Crippen LogP contribution in [0.25, 0.3) is 0 Å². The third kappa shape index (κ3) is 2.80. The Bertz CT molecular complexity index is 305. The van der Waals surface area contributed by atoms with E-state index in [4.69, 9.17) is 4.74 Å². The number of thioether (sulfide) groups is 1. The van der Waals surface area contributed by atoms with Crippen LogP contribution >= 0.6 is 34.4 Å². The van der Waals surface area contributed by atoms with Crippen molar-refractivity contribution in [3.63, 3.8) is 0 Å². The highest BCUT2D eigenvalue weighted by Gasteiger charge is 2.16. The zero-order valence-corrected chi connectivity index (χ0v) is 10.6. The zero-order chi connectivity index (χ0) is 9.80. The van der Waals surface area contributed by atoms with Gasteiger partial charge in [-0.25, -0.2) is 9.97 Å². The van der Waals surface area contributed by atoms with Gasteiger partial charge in [-0.3, -0.25) is 0 Å². The van der Waals surface area contributed by atoms with E-state index < -0.39 is 0 Å². The summed E-state index contributed by atoms with van der Waals surface area (Å²) in [5.74, 6) is 0. The second-order valence-electron chi connectivity index (χ2n) is 3.11. The molecule has 0 N–H and O–H groups in total. The average Bonchev–Trinajstić information content (AvgIpc) is 2.23. The molecule has 14 heavy (non-hydrogen) atoms. The molecule has 1 fully saturated rings. The summed E-state index contributed by atoms with van der Waals surface area (Å²) in [6.07, 6.45) is 5.73. The van der Waals surface area contributed by atoms with Crippen molar-refractivity contribution in [2.45, 2.75) is 23.1 Å². The van der Waals surface area contributed by atoms with Gasteiger partial charge in [0, 0.05) is 24.7 Å². The minimum absolute atomic E-state index is 0.659. The predicted molar refractivity (Wildman–Crippen MR) is 64.4 cm³/mol. The van der Waals surface area contributed by atoms with E-state index in [1.807, 2.05) is 18.0 Å². The first-order chi connectivity index (χ1) is 6.86. The SMILES string of the molecule is Ic1cncnc1SC1CCOCC1. The van der Waals surface area contributed by atoms with Crippen LogP contribution in [0.3, 0.4) is 0 Å². The van der Waals surface area contributed by atoms with E-state index in [2.05, 4.69) is 32.6 Å². The molecule has 0 spiro atoms. The van der Waals surface area contributed by atoms with Gasteiger partial charge in [0.15, 0.2) is 0 Å². The van der Waals surface area contributed by atoms with Crippen LogP contribution in [0.5, 0.6) is 0 Å². The largest absolute Gasteiger partial charge is 0.381 e. The van der Waals surface area contributed by atoms with E-state index in [1.54, 1.807) is 6.33 Å². The highest BCUT2D eigenvalue weighted by Crippen LogP contribution is 2.30. The van der Waals surface area contributed by atoms with E-state index in [1.165, 1.54) is 0 Å². The van der Waals surface area contributed by atoms with Gasteiger partial charge in [-0.1, -0.05) is 0 Å². The van der Waals surface area contributed by atoms with Gasteiger partial charge in [0.05, 0.1) is 3.57 Å². The smallest absolute Gasteiger partial charge is 0.116 e. The average molecular weight is 322 g/mol. The minimum atomic E-state index is 0.659. The molecule has 0 radical (unpaired) electrons. The maximum absolute atomic E-state index is 5.32. The van der Waals surface area contributed by atoms with Gasteiger partial charge in [0.2, 0.25) is 0 Å². The molecule has 0 aliphatic carbocycles. The maximum Gasteiger partial charge on any atom is 0.116 e. The van der Waals surface area contributed by atoms with Crippen LogP contribution in [-0.2, 0) is 4.74 Å². The number of ether oxygens (including phenoxy) is 1. The van der Waals surface area contributed by atoms with Crippen molar-refractivity contribution in [3.8, 4) is 0 Å². The Hall–Kier alpha value is 0.120. The van der Waals surface area contributed by atoms with Gasteiger partial charge in [0.25, 0.3) is 0 Å². The third-order valence-electron chi connectivity index (χ3n) is 2.08. The monoisotopic (exact) mass is 322 g/mol. The van der Waals surface area contributed by atoms with E-state index in [0.29, 0.717) is 5.25 Å². The van der Waals surface area contributed by atoms with Crippen LogP contribution < -0.4 is 0 Å². The molecule has 1 saturated heterocycles. The standard InChI is InChI=1S/C9H11IN2OS/c10-8-5-11-6-12-9(8)14-7-1-3-13-4-2-7/h5-7H,1-4H2. The summed E-state index contributed by atoms with van der Waals surface area (Å²) in [5.41, 5.74) is 0. The Morgan fingerprint density at radius 3 is 2.93 bits per heavy atom. The lowest BCUT2D eigenvalue weighted by Gasteiger charge is -2.21. The number of halogens is 1. The molecule has 3 nitrogen and oxygen atoms in total. The van der Waals surface area contributed by atoms with E-state index >= 15 is 0 Å². The van der Waals surface area contributed by atoms with Crippen molar-refractivity contribution >= 4 is 34.4 Å². The molecule has 1 aliphatic heterocycles. The number of hydrogen-bond donors (Lipinski definition) is 0. The fourth-order valence-electron chi connectivity index (χ4n) is 1.34. The quantitative estimate of drug-likeness (QED) is 0.618. The highest BCUT2D eigenvalue weighted by atomic mass is 127. The second-order valence-corrected chi connectivity index (χ2v) is 5.56. The molecule has 0 saturated carbocycles. The van der Waals surface area contributed by atoms with E-state index in [9.17, 15) is 0 Å². The van der Waals surface area contributed by atoms with Gasteiger partial charge >= 0.3 is 0 Å². The van der Waals surface area contributed by atoms with Gasteiger partial charge in [0.1, 0.15) is 11.4 Å². The predicted octanol–water partition coefficient (Wildman–Crippen LogP) is 2.35. The van der Waals surface area contributed by atoms with Crippen LogP contribution in [0.1, 0.15) is 12.8 Å². The molecule has 5 heteroatoms. The summed E-state index contributed by atoms with van der Waals surface area (Å²) in [6, 6.07) is 0. The summed E-state index contributed by atoms with van der Waals surface area (Å²) in [5, 5.41) is 1.76. The number of rotatable bonds is 2. The third-order valence-corrected chi connectivity index (χ3v) is 4.59. The lowest BCUT2D eigenvalue weighted by molar-refractivity contribution is 0.1000. The van der Waals surface area contributed by atoms with Crippen LogP contribution in [-0.4, -0.2) is 28.4 Å². The first kappa shape index (κ1) is 10.6. The Labute approximate surface area is 101 Å². The molecule has 1 aromatic heterocycles. The first-order valence-electron chi connectivity index (χ1n) is 4.56. The van der Waals surface area contributed by atoms with Gasteiger partial charge in [-0.2, -0.15) is 0 Å². The van der Waals surface area contributed by atoms with Gasteiger partial charge in [-0.05, 0) is 35.4 Å². The first-order valence-corrected chi connectivity index (χ1v) is 6.52. The van der Waals surface area contributed by atoms with E-state index in [0.717, 1.165) is 34.7 Å². The summed E-state index contributed by atoms with van der Waals surface area (Å²) < 4.78 is 6.46. The summed E-state index contributed by atoms with van der Waals surface area (Å²) in [4.78, 5) is 8.26. The van der Waals surface area contributed by atoms with Crippen LogP contribution in [0, 0.1) is 3.57 Å². The molecule has 1 aromatic rings. The van der Waals surface area contributed by atoms with Crippen molar-refractivity contribution in [1.82, 2.24) is 9.97 Å². The van der Waals surface area contributed by atoms with Gasteiger partial charge < -0.3 is 4.74 Å². The highest BCUT2D eigenvalue weighted by molar-refractivity contribution is 14.1. The molecule has 0 aromatic carbocycles. The zero-order valence-electron chi connectivity index (χ0n) is 7.65. The number of nitrogens with zero attached hydrogens (tertiary/aromatic N) is 2. The molecule has 0 unspecified atom stereocenters. The van der Waals surface area contributed by atoms with Crippen molar-refractivity contribution in [3.05, 3.63) is 16.1 Å². The van der Waals surface area contributed by atoms with Crippen molar-refractivity contribution in [2.24, 2.45) is 0 Å². The molecule has 2 heterocycles. The normalized spacial score (nSPS) is 18.4. The van der Waals surface area contributed by atoms with Crippen LogP contribution in [0.4, 0.5) is 0 Å². The molecule has 2 rings (SSSR count). The molecule has 0 atom stereocenters. The minimum Gasteiger partial charge on any atom is -0.381 e. The van der Waals surface area contributed by atoms with Crippen molar-refractivity contribution in [1.29, 1.82) is 0 Å². The Kier molecular flexibility index (Phi) is 4.00. The Balaban J connectivity index is 1.99. The molecular formula is C9H11IN2OS. The molecule has 0 bridgehead atoms. The van der Waals surface area contributed by atoms with E-state index in [-0.39, 0.29) is 0 Å². The molecule has 0 amide bonds. The molecular weight excluding hydrogens is 311 g/mol. The van der Waals surface area contributed by atoms with Crippen LogP contribution in [0.15, 0.2) is 17.6 Å². The Morgan fingerprint density at radius 1 is 1.43 bits per heavy atom. The lowest BCUT2D eigenvalue weighted by Crippen LogP contribution is -2.17. The van der Waals surface area contributed by atoms with Gasteiger partial charge in [-0.15, -0.1) is 11.8 Å². The maximum atomic E-state index is 5.32. The van der Waals surface area contributed by atoms with Crippen molar-refractivity contribution in [2.75, 3.05) is 13.2 Å². The second kappa shape index (κ2) is 5.27. The lowest BCUT2D eigenvalue weighted by atomic mass is 10.2. The number of aromatic nitrogens is 2. The van der Waals surface area contributed by atoms with Crippen molar-refractivity contribution < 1.29 is 4.74 Å². The fourth-order valence-corrected chi connectivity index (χ4v) is 3.04. The summed E-state index contributed by atoms with van der Waals surface area (Å²) in [7, 11) is 0. The fraction of sp³-hybridized carbons (Fsp3) is 0.556. The summed E-state index contributed by atoms with van der Waals surface area (Å²) in [6.45, 7) is 1.78. The topological polar surface area (TPSA) is 35.0 Å². The summed E-state index contributed by atoms with van der Waals surface area (Å²) >= 11 is 4.13. The number of hydrogen-bond acceptors (Lipinski definition) is 4. The van der Waals surface area contributed by atoms with Crippen LogP contribution in [0.2, 0.25) is 0 Å². The molecule has 1 aliphatic rings.